The molecule has 2 atom stereocenters. The van der Waals surface area contributed by atoms with Gasteiger partial charge in [0.05, 0.1) is 6.10 Å². The minimum atomic E-state index is -0.225. The van der Waals surface area contributed by atoms with Crippen molar-refractivity contribution in [3.05, 3.63) is 53.6 Å². The van der Waals surface area contributed by atoms with Crippen LogP contribution in [0.1, 0.15) is 22.5 Å². The quantitative estimate of drug-likeness (QED) is 0.941. The smallest absolute Gasteiger partial charge is 0.271 e. The zero-order chi connectivity index (χ0) is 16.2. The summed E-state index contributed by atoms with van der Waals surface area (Å²) in [5, 5.41) is 6.53. The number of halogens is 1. The highest BCUT2D eigenvalue weighted by Crippen LogP contribution is 2.25. The molecule has 23 heavy (non-hydrogen) atoms. The summed E-state index contributed by atoms with van der Waals surface area (Å²) in [5.41, 5.74) is 1.59. The van der Waals surface area contributed by atoms with E-state index in [0.717, 1.165) is 18.4 Å². The number of aromatic nitrogens is 2. The standard InChI is InChI=1S/C17H20FN3O2/c1-23-16-11-21(17(22)15-6-8-19-20-15)9-7-13(16)10-12-2-4-14(18)5-3-12/h2-6,8,13,16H,7,9-11H2,1H3,(H,19,20)/t13-,16+/m1/s1. The second kappa shape index (κ2) is 6.91. The van der Waals surface area contributed by atoms with E-state index >= 15 is 0 Å². The number of methoxy groups -OCH3 is 1. The lowest BCUT2D eigenvalue weighted by Gasteiger charge is -2.37. The first-order valence-electron chi connectivity index (χ1n) is 7.73. The molecule has 1 aliphatic heterocycles. The molecule has 6 heteroatoms. The average molecular weight is 317 g/mol. The van der Waals surface area contributed by atoms with Gasteiger partial charge < -0.3 is 9.64 Å². The molecule has 0 spiro atoms. The Morgan fingerprint density at radius 3 is 2.83 bits per heavy atom. The third-order valence-corrected chi connectivity index (χ3v) is 4.43. The molecule has 1 N–H and O–H groups in total. The van der Waals surface area contributed by atoms with Crippen molar-refractivity contribution in [1.82, 2.24) is 15.1 Å². The molecular weight excluding hydrogens is 297 g/mol. The largest absolute Gasteiger partial charge is 0.379 e. The highest BCUT2D eigenvalue weighted by molar-refractivity contribution is 5.92. The van der Waals surface area contributed by atoms with Gasteiger partial charge >= 0.3 is 0 Å². The van der Waals surface area contributed by atoms with Crippen LogP contribution in [0.25, 0.3) is 0 Å². The zero-order valence-electron chi connectivity index (χ0n) is 13.0. The Morgan fingerprint density at radius 2 is 2.17 bits per heavy atom. The fraction of sp³-hybridized carbons (Fsp3) is 0.412. The van der Waals surface area contributed by atoms with Crippen LogP contribution < -0.4 is 0 Å². The number of nitrogens with zero attached hydrogens (tertiary/aromatic N) is 2. The molecule has 1 amide bonds. The van der Waals surface area contributed by atoms with Gasteiger partial charge in [-0.3, -0.25) is 9.89 Å². The Hall–Kier alpha value is -2.21. The fourth-order valence-corrected chi connectivity index (χ4v) is 3.12. The SMILES string of the molecule is CO[C@H]1CN(C(=O)c2ccn[nH]2)CC[C@@H]1Cc1ccc(F)cc1. The molecule has 1 aromatic heterocycles. The van der Waals surface area contributed by atoms with E-state index in [1.54, 1.807) is 24.3 Å². The maximum atomic E-state index is 13.0. The van der Waals surface area contributed by atoms with Crippen LogP contribution in [-0.2, 0) is 11.2 Å². The third kappa shape index (κ3) is 3.59. The summed E-state index contributed by atoms with van der Waals surface area (Å²) in [6.07, 6.45) is 3.23. The molecule has 1 saturated heterocycles. The first-order valence-corrected chi connectivity index (χ1v) is 7.73. The number of piperidine rings is 1. The Labute approximate surface area is 134 Å². The molecule has 5 nitrogen and oxygen atoms in total. The number of benzene rings is 1. The minimum Gasteiger partial charge on any atom is -0.379 e. The van der Waals surface area contributed by atoms with Gasteiger partial charge in [0.2, 0.25) is 0 Å². The van der Waals surface area contributed by atoms with Gasteiger partial charge in [-0.15, -0.1) is 0 Å². The van der Waals surface area contributed by atoms with Crippen molar-refractivity contribution in [2.45, 2.75) is 18.9 Å². The molecule has 2 heterocycles. The number of nitrogens with one attached hydrogen (secondary N) is 1. The number of ether oxygens (including phenoxy) is 1. The van der Waals surface area contributed by atoms with E-state index in [2.05, 4.69) is 10.2 Å². The first kappa shape index (κ1) is 15.7. The topological polar surface area (TPSA) is 58.2 Å². The number of hydrogen-bond donors (Lipinski definition) is 1. The summed E-state index contributed by atoms with van der Waals surface area (Å²) in [7, 11) is 1.67. The lowest BCUT2D eigenvalue weighted by Crippen LogP contribution is -2.48. The Balaban J connectivity index is 1.64. The average Bonchev–Trinajstić information content (AvgIpc) is 3.11. The monoisotopic (exact) mass is 317 g/mol. The Bertz CT molecular complexity index is 642. The van der Waals surface area contributed by atoms with E-state index < -0.39 is 0 Å². The number of aromatic amines is 1. The molecule has 0 unspecified atom stereocenters. The van der Waals surface area contributed by atoms with Gasteiger partial charge in [0.25, 0.3) is 5.91 Å². The van der Waals surface area contributed by atoms with E-state index in [0.29, 0.717) is 24.7 Å². The summed E-state index contributed by atoms with van der Waals surface area (Å²) in [6, 6.07) is 8.26. The number of likely N-dealkylation sites (tertiary alicyclic amines) is 1. The molecule has 0 aliphatic carbocycles. The number of carbonyl (C=O) groups excluding carboxylic acids is 1. The van der Waals surface area contributed by atoms with E-state index in [1.165, 1.54) is 12.1 Å². The Morgan fingerprint density at radius 1 is 1.39 bits per heavy atom. The van der Waals surface area contributed by atoms with Crippen LogP contribution in [0.3, 0.4) is 0 Å². The molecule has 2 aromatic rings. The van der Waals surface area contributed by atoms with Gasteiger partial charge in [-0.2, -0.15) is 5.10 Å². The summed E-state index contributed by atoms with van der Waals surface area (Å²) in [4.78, 5) is 14.2. The zero-order valence-corrected chi connectivity index (χ0v) is 13.0. The highest BCUT2D eigenvalue weighted by atomic mass is 19.1. The van der Waals surface area contributed by atoms with Crippen LogP contribution in [-0.4, -0.2) is 47.3 Å². The van der Waals surface area contributed by atoms with Crippen LogP contribution in [0.2, 0.25) is 0 Å². The van der Waals surface area contributed by atoms with Crippen LogP contribution in [0.5, 0.6) is 0 Å². The van der Waals surface area contributed by atoms with E-state index in [1.807, 2.05) is 12.1 Å². The van der Waals surface area contributed by atoms with E-state index in [4.69, 9.17) is 4.74 Å². The molecule has 0 bridgehead atoms. The van der Waals surface area contributed by atoms with Crippen molar-refractivity contribution in [3.8, 4) is 0 Å². The van der Waals surface area contributed by atoms with E-state index in [-0.39, 0.29) is 17.8 Å². The number of rotatable bonds is 4. The summed E-state index contributed by atoms with van der Waals surface area (Å²) in [6.45, 7) is 1.24. The summed E-state index contributed by atoms with van der Waals surface area (Å²) >= 11 is 0. The van der Waals surface area contributed by atoms with Crippen molar-refractivity contribution in [2.24, 2.45) is 5.92 Å². The minimum absolute atomic E-state index is 0.0272. The van der Waals surface area contributed by atoms with Crippen molar-refractivity contribution in [1.29, 1.82) is 0 Å². The molecule has 1 aromatic carbocycles. The summed E-state index contributed by atoms with van der Waals surface area (Å²) < 4.78 is 18.6. The normalized spacial score (nSPS) is 21.4. The second-order valence-corrected chi connectivity index (χ2v) is 5.87. The molecule has 0 radical (unpaired) electrons. The summed E-state index contributed by atoms with van der Waals surface area (Å²) in [5.74, 6) is 0.0399. The highest BCUT2D eigenvalue weighted by Gasteiger charge is 2.32. The van der Waals surface area contributed by atoms with Gasteiger partial charge in [-0.25, -0.2) is 4.39 Å². The van der Waals surface area contributed by atoms with Gasteiger partial charge in [0, 0.05) is 26.4 Å². The van der Waals surface area contributed by atoms with Gasteiger partial charge in [-0.1, -0.05) is 12.1 Å². The molecule has 1 fully saturated rings. The third-order valence-electron chi connectivity index (χ3n) is 4.43. The molecule has 0 saturated carbocycles. The van der Waals surface area contributed by atoms with Crippen LogP contribution >= 0.6 is 0 Å². The predicted molar refractivity (Wildman–Crippen MR) is 83.5 cm³/mol. The van der Waals surface area contributed by atoms with Gasteiger partial charge in [-0.05, 0) is 42.5 Å². The van der Waals surface area contributed by atoms with Crippen molar-refractivity contribution in [2.75, 3.05) is 20.2 Å². The fourth-order valence-electron chi connectivity index (χ4n) is 3.12. The maximum Gasteiger partial charge on any atom is 0.271 e. The molecular formula is C17H20FN3O2. The van der Waals surface area contributed by atoms with Crippen LogP contribution in [0.4, 0.5) is 4.39 Å². The maximum absolute atomic E-state index is 13.0. The first-order chi connectivity index (χ1) is 11.2. The lowest BCUT2D eigenvalue weighted by molar-refractivity contribution is -0.00716. The van der Waals surface area contributed by atoms with Gasteiger partial charge in [0.15, 0.2) is 0 Å². The number of amides is 1. The Kier molecular flexibility index (Phi) is 4.71. The predicted octanol–water partition coefficient (Wildman–Crippen LogP) is 2.27. The van der Waals surface area contributed by atoms with Crippen LogP contribution in [0, 0.1) is 11.7 Å². The molecule has 1 aliphatic rings. The second-order valence-electron chi connectivity index (χ2n) is 5.87. The van der Waals surface area contributed by atoms with E-state index in [9.17, 15) is 9.18 Å². The molecule has 3 rings (SSSR count). The van der Waals surface area contributed by atoms with Crippen molar-refractivity contribution >= 4 is 5.91 Å². The number of H-pyrrole nitrogens is 1. The van der Waals surface area contributed by atoms with Crippen molar-refractivity contribution < 1.29 is 13.9 Å². The lowest BCUT2D eigenvalue weighted by atomic mass is 9.87. The van der Waals surface area contributed by atoms with Gasteiger partial charge in [0.1, 0.15) is 11.5 Å². The molecule has 122 valence electrons. The van der Waals surface area contributed by atoms with Crippen molar-refractivity contribution in [3.63, 3.8) is 0 Å². The number of hydrogen-bond acceptors (Lipinski definition) is 3. The van der Waals surface area contributed by atoms with Crippen LogP contribution in [0.15, 0.2) is 36.5 Å². The number of carbonyl (C=O) groups is 1.